The van der Waals surface area contributed by atoms with Crippen molar-refractivity contribution in [2.45, 2.75) is 98.2 Å². The molecular weight excluding hydrogens is 1040 g/mol. The highest BCUT2D eigenvalue weighted by Gasteiger charge is 2.53. The highest BCUT2D eigenvalue weighted by atomic mass is 16.8. The molecule has 0 aliphatic carbocycles. The maximum Gasteiger partial charge on any atom is 0.330 e. The van der Waals surface area contributed by atoms with Crippen LogP contribution in [0.4, 0.5) is 0 Å². The van der Waals surface area contributed by atoms with Crippen molar-refractivity contribution in [3.8, 4) is 51.7 Å². The summed E-state index contributed by atoms with van der Waals surface area (Å²) >= 11 is 0. The molecule has 4 heterocycles. The van der Waals surface area contributed by atoms with Gasteiger partial charge in [-0.25, -0.2) is 9.59 Å². The fraction of sp³-hybridized carbons (Fsp3) is 0.373. The zero-order valence-corrected chi connectivity index (χ0v) is 40.3. The molecule has 0 spiro atoms. The van der Waals surface area contributed by atoms with Crippen molar-refractivity contribution < 1.29 is 134 Å². The third kappa shape index (κ3) is 12.6. The minimum Gasteiger partial charge on any atom is -0.571 e. The Hall–Kier alpha value is -7.48. The van der Waals surface area contributed by atoms with Gasteiger partial charge in [0.25, 0.3) is 11.9 Å². The molecule has 3 saturated heterocycles. The topological polar surface area (TPSA) is 444 Å². The van der Waals surface area contributed by atoms with Crippen molar-refractivity contribution in [1.82, 2.24) is 0 Å². The summed E-state index contributed by atoms with van der Waals surface area (Å²) in [6.07, 6.45) is -24.7. The summed E-state index contributed by atoms with van der Waals surface area (Å²) in [6, 6.07) is 13.0. The second-order valence-corrected chi connectivity index (χ2v) is 18.2. The van der Waals surface area contributed by atoms with Gasteiger partial charge in [-0.05, 0) is 65.7 Å². The number of fused-ring (bicyclic) bond motifs is 1. The predicted molar refractivity (Wildman–Crippen MR) is 257 cm³/mol. The monoisotopic (exact) mass is 1100 g/mol. The van der Waals surface area contributed by atoms with E-state index in [0.717, 1.165) is 54.6 Å². The number of ether oxygens (including phenoxy) is 9. The van der Waals surface area contributed by atoms with E-state index in [1.54, 1.807) is 0 Å². The Balaban J connectivity index is 1.11. The number of carbonyl (C=O) groups is 2. The number of phenolic OH excluding ortho intramolecular Hbond substituents is 7. The first-order valence-corrected chi connectivity index (χ1v) is 23.7. The number of aliphatic hydroxyl groups excluding tert-OH is 9. The number of carbonyl (C=O) groups excluding carboxylic acids is 2. The molecule has 0 radical (unpaired) electrons. The number of hydrogen-bond donors (Lipinski definition) is 16. The van der Waals surface area contributed by atoms with Crippen molar-refractivity contribution >= 4 is 30.2 Å². The lowest BCUT2D eigenvalue weighted by molar-refractivity contribution is -0.364. The average molecular weight is 1100 g/mol. The minimum absolute atomic E-state index is 0.0660. The van der Waals surface area contributed by atoms with Crippen molar-refractivity contribution in [1.29, 1.82) is 0 Å². The number of phenols is 7. The third-order valence-electron chi connectivity index (χ3n) is 12.8. The molecule has 0 aromatic heterocycles. The molecule has 0 saturated carbocycles. The van der Waals surface area contributed by atoms with Crippen LogP contribution in [0.5, 0.6) is 51.7 Å². The SMILES string of the molecule is O=C(/C=C/c1ccc(O)c(O)c1)OC[C@@H]1O[C@@H](O[C@H]2[C@H](OC3=Cc4c(O[C@@H]5O[C@@H](CO)[C@@H](O)[C@H](O)[C@@H]5O)cc(O)cc4[OH+]C3c3ccc(O)c(O)c3)O[C@H](COC(=O)/C=C/c3ccc(O)c(O)c3)[C@@H](O)[C@H]2O)[C@H](O)[C@@H](O)[C@@H]1O. The Bertz CT molecular complexity index is 2890. The highest BCUT2D eigenvalue weighted by Crippen LogP contribution is 2.48. The van der Waals surface area contributed by atoms with Gasteiger partial charge in [-0.3, -0.25) is 0 Å². The first-order valence-electron chi connectivity index (χ1n) is 23.7. The van der Waals surface area contributed by atoms with Crippen LogP contribution in [0.1, 0.15) is 28.4 Å². The molecule has 3 fully saturated rings. The van der Waals surface area contributed by atoms with Gasteiger partial charge < -0.3 is 124 Å². The number of hydrogen-bond acceptors (Lipinski definition) is 26. The lowest BCUT2D eigenvalue weighted by atomic mass is 9.97. The Labute approximate surface area is 439 Å². The second-order valence-electron chi connectivity index (χ2n) is 18.2. The van der Waals surface area contributed by atoms with E-state index in [1.807, 2.05) is 0 Å². The maximum atomic E-state index is 13.0. The molecule has 4 aliphatic rings. The molecule has 8 rings (SSSR count). The lowest BCUT2D eigenvalue weighted by Gasteiger charge is -2.46. The molecule has 0 amide bonds. The van der Waals surface area contributed by atoms with Crippen LogP contribution >= 0.6 is 0 Å². The van der Waals surface area contributed by atoms with E-state index >= 15 is 0 Å². The van der Waals surface area contributed by atoms with Crippen LogP contribution in [-0.4, -0.2) is 210 Å². The third-order valence-corrected chi connectivity index (χ3v) is 12.8. The van der Waals surface area contributed by atoms with Gasteiger partial charge >= 0.3 is 11.9 Å². The zero-order valence-electron chi connectivity index (χ0n) is 40.3. The van der Waals surface area contributed by atoms with Crippen molar-refractivity contribution in [3.05, 3.63) is 107 Å². The first kappa shape index (κ1) is 56.7. The molecule has 16 atom stereocenters. The number of rotatable bonds is 16. The number of aliphatic hydroxyl groups is 10. The molecule has 27 heteroatoms. The lowest BCUT2D eigenvalue weighted by Crippen LogP contribution is -2.64. The smallest absolute Gasteiger partial charge is 0.330 e. The van der Waals surface area contributed by atoms with Crippen molar-refractivity contribution in [2.75, 3.05) is 19.8 Å². The standard InChI is InChI=1S/C51H54O27/c52-17-34-39(62)42(65)45(68)49(75-34)73-32-15-23(53)14-31-24(32)16-33(47(72-31)22-5-8-27(56)30(59)13-22)74-51-48(44(67)41(64)36(77-51)19-71-38(61)10-4-21-2-7-26(55)29(58)12-21)78-50-46(69)43(66)40(63)35(76-50)18-70-37(60)9-3-20-1-6-25(54)28(57)11-20/h1-16,34-36,39-59,62-69H,17-19H2/p+1/b9-3+,10-4+/t34-,35-,36+,39+,40+,41+,42-,43-,44+,45-,46+,47?,48+,49+,50-,51+/m0/s1. The van der Waals surface area contributed by atoms with Crippen molar-refractivity contribution in [2.24, 2.45) is 0 Å². The Morgan fingerprint density at radius 2 is 1.03 bits per heavy atom. The quantitative estimate of drug-likeness (QED) is 0.0258. The van der Waals surface area contributed by atoms with E-state index in [9.17, 15) is 91.3 Å². The minimum atomic E-state index is -2.17. The molecule has 4 aromatic carbocycles. The molecule has 420 valence electrons. The van der Waals surface area contributed by atoms with E-state index < -0.39 is 170 Å². The molecule has 4 aromatic rings. The summed E-state index contributed by atoms with van der Waals surface area (Å²) in [5, 5.41) is 169. The van der Waals surface area contributed by atoms with Crippen LogP contribution in [0, 0.1) is 0 Å². The summed E-state index contributed by atoms with van der Waals surface area (Å²) < 4.78 is 51.0. The Morgan fingerprint density at radius 3 is 1.58 bits per heavy atom. The zero-order chi connectivity index (χ0) is 56.3. The number of esters is 2. The van der Waals surface area contributed by atoms with Gasteiger partial charge in [0.15, 0.2) is 52.7 Å². The van der Waals surface area contributed by atoms with E-state index in [4.69, 9.17) is 37.9 Å². The van der Waals surface area contributed by atoms with Gasteiger partial charge in [-0.2, -0.15) is 0 Å². The predicted octanol–water partition coefficient (Wildman–Crippen LogP) is -1.69. The summed E-state index contributed by atoms with van der Waals surface area (Å²) in [6.45, 7) is -2.44. The molecule has 27 nitrogen and oxygen atoms in total. The normalized spacial score (nSPS) is 31.0. The van der Waals surface area contributed by atoms with Gasteiger partial charge in [0.1, 0.15) is 97.4 Å². The van der Waals surface area contributed by atoms with Gasteiger partial charge in [-0.1, -0.05) is 12.1 Å². The van der Waals surface area contributed by atoms with Crippen LogP contribution in [0.2, 0.25) is 0 Å². The molecule has 0 bridgehead atoms. The van der Waals surface area contributed by atoms with Crippen LogP contribution < -0.4 is 4.74 Å². The van der Waals surface area contributed by atoms with E-state index in [2.05, 4.69) is 4.74 Å². The van der Waals surface area contributed by atoms with Crippen LogP contribution in [0.15, 0.2) is 84.6 Å². The largest absolute Gasteiger partial charge is 0.571 e. The van der Waals surface area contributed by atoms with Gasteiger partial charge in [0.05, 0.1) is 18.2 Å². The highest BCUT2D eigenvalue weighted by molar-refractivity contribution is 5.87. The summed E-state index contributed by atoms with van der Waals surface area (Å²) in [4.78, 5) is 25.7. The second kappa shape index (κ2) is 24.0. The number of aromatic hydroxyl groups is 8. The molecule has 78 heavy (non-hydrogen) atoms. The van der Waals surface area contributed by atoms with Gasteiger partial charge in [0, 0.05) is 24.3 Å². The van der Waals surface area contributed by atoms with E-state index in [-0.39, 0.29) is 39.5 Å². The van der Waals surface area contributed by atoms with Gasteiger partial charge in [-0.15, -0.1) is 0 Å². The average Bonchev–Trinajstić information content (AvgIpc) is 3.48. The van der Waals surface area contributed by atoms with E-state index in [0.29, 0.717) is 0 Å². The fourth-order valence-corrected chi connectivity index (χ4v) is 8.49. The Morgan fingerprint density at radius 1 is 0.526 bits per heavy atom. The van der Waals surface area contributed by atoms with Crippen molar-refractivity contribution in [3.63, 3.8) is 0 Å². The van der Waals surface area contributed by atoms with Crippen LogP contribution in [0.25, 0.3) is 18.2 Å². The molecule has 1 unspecified atom stereocenters. The summed E-state index contributed by atoms with van der Waals surface area (Å²) in [5.74, 6) is -6.25. The number of benzene rings is 4. The summed E-state index contributed by atoms with van der Waals surface area (Å²) in [7, 11) is 0. The molecular formula is C51H55O27+. The van der Waals surface area contributed by atoms with E-state index in [1.165, 1.54) is 42.5 Å². The maximum absolute atomic E-state index is 13.0. The fourth-order valence-electron chi connectivity index (χ4n) is 8.49. The Kier molecular flexibility index (Phi) is 17.5. The molecule has 17 N–H and O–H groups in total. The van der Waals surface area contributed by atoms with Crippen LogP contribution in [0.3, 0.4) is 0 Å². The van der Waals surface area contributed by atoms with Crippen LogP contribution in [-0.2, 0) is 42.7 Å². The first-order chi connectivity index (χ1) is 37.1. The summed E-state index contributed by atoms with van der Waals surface area (Å²) in [5.41, 5.74) is 0.543. The molecule has 4 aliphatic heterocycles. The van der Waals surface area contributed by atoms with Gasteiger partial charge in [0.2, 0.25) is 12.6 Å².